The average Bonchev–Trinajstić information content (AvgIpc) is 3.16. The van der Waals surface area contributed by atoms with Crippen LogP contribution in [0.4, 0.5) is 11.4 Å². The van der Waals surface area contributed by atoms with Crippen molar-refractivity contribution in [3.8, 4) is 11.5 Å². The molecule has 9 heteroatoms. The van der Waals surface area contributed by atoms with Crippen LogP contribution in [0.3, 0.4) is 0 Å². The Bertz CT molecular complexity index is 1260. The third kappa shape index (κ3) is 5.58. The summed E-state index contributed by atoms with van der Waals surface area (Å²) in [5.74, 6) is 0.632. The molecule has 1 heterocycles. The molecule has 0 spiro atoms. The third-order valence-electron chi connectivity index (χ3n) is 5.58. The van der Waals surface area contributed by atoms with Crippen molar-refractivity contribution in [2.24, 2.45) is 4.99 Å². The average molecular weight is 494 g/mol. The first-order valence-corrected chi connectivity index (χ1v) is 12.0. The normalized spacial score (nSPS) is 16.7. The number of benzene rings is 3. The molecule has 2 amide bonds. The van der Waals surface area contributed by atoms with Crippen molar-refractivity contribution in [2.75, 3.05) is 39.8 Å². The molecule has 3 aromatic rings. The van der Waals surface area contributed by atoms with E-state index in [1.165, 1.54) is 18.9 Å². The number of thioether (sulfide) groups is 1. The minimum Gasteiger partial charge on any atom is -0.497 e. The summed E-state index contributed by atoms with van der Waals surface area (Å²) in [5.41, 5.74) is 1.28. The summed E-state index contributed by atoms with van der Waals surface area (Å²) in [6.45, 7) is 0.721. The summed E-state index contributed by atoms with van der Waals surface area (Å²) < 4.78 is 15.8. The van der Waals surface area contributed by atoms with E-state index in [-0.39, 0.29) is 18.2 Å². The smallest absolute Gasteiger partial charge is 0.242 e. The summed E-state index contributed by atoms with van der Waals surface area (Å²) in [7, 11) is 4.66. The maximum Gasteiger partial charge on any atom is 0.242 e. The number of anilines is 1. The Balaban J connectivity index is 1.55. The first kappa shape index (κ1) is 24.6. The molecule has 1 atom stereocenters. The lowest BCUT2D eigenvalue weighted by Crippen LogP contribution is -2.35. The molecule has 1 fully saturated rings. The van der Waals surface area contributed by atoms with E-state index < -0.39 is 5.25 Å². The zero-order valence-corrected chi connectivity index (χ0v) is 20.6. The highest BCUT2D eigenvalue weighted by Crippen LogP contribution is 2.35. The molecule has 1 unspecified atom stereocenters. The number of methoxy groups -OCH3 is 3. The molecule has 0 aliphatic carbocycles. The predicted octanol–water partition coefficient (Wildman–Crippen LogP) is 4.46. The monoisotopic (exact) mass is 493 g/mol. The van der Waals surface area contributed by atoms with Crippen LogP contribution < -0.4 is 14.8 Å². The zero-order valence-electron chi connectivity index (χ0n) is 19.8. The van der Waals surface area contributed by atoms with Crippen molar-refractivity contribution in [2.45, 2.75) is 11.7 Å². The Hall–Kier alpha value is -3.56. The minimum absolute atomic E-state index is 0.00325. The molecule has 1 saturated heterocycles. The van der Waals surface area contributed by atoms with Crippen molar-refractivity contribution in [3.63, 3.8) is 0 Å². The van der Waals surface area contributed by atoms with Crippen LogP contribution in [0.1, 0.15) is 6.42 Å². The van der Waals surface area contributed by atoms with Gasteiger partial charge in [0.05, 0.1) is 38.7 Å². The molecule has 4 rings (SSSR count). The fourth-order valence-corrected chi connectivity index (χ4v) is 4.97. The van der Waals surface area contributed by atoms with Crippen molar-refractivity contribution >= 4 is 50.9 Å². The van der Waals surface area contributed by atoms with Gasteiger partial charge in [0.15, 0.2) is 5.17 Å². The summed E-state index contributed by atoms with van der Waals surface area (Å²) in [5, 5.41) is 4.87. The van der Waals surface area contributed by atoms with Crippen LogP contribution in [0.2, 0.25) is 0 Å². The largest absolute Gasteiger partial charge is 0.497 e. The fraction of sp³-hybridized carbons (Fsp3) is 0.269. The summed E-state index contributed by atoms with van der Waals surface area (Å²) in [6.07, 6.45) is -0.00325. The molecule has 1 aliphatic rings. The second-order valence-corrected chi connectivity index (χ2v) is 8.97. The highest BCUT2D eigenvalue weighted by Gasteiger charge is 2.39. The lowest BCUT2D eigenvalue weighted by Gasteiger charge is -2.16. The molecule has 1 aliphatic heterocycles. The maximum atomic E-state index is 13.2. The standard InChI is InChI=1S/C26H27N3O5S/c1-32-14-13-29-25(31)23(16-24(30)27-21-12-11-18(33-2)15-22(21)34-3)35-26(29)28-20-10-6-8-17-7-4-5-9-19(17)20/h4-12,15,23H,13-14,16H2,1-3H3,(H,27,30). The number of amidine groups is 1. The maximum absolute atomic E-state index is 13.2. The van der Waals surface area contributed by atoms with E-state index in [0.29, 0.717) is 35.5 Å². The number of hydrogen-bond acceptors (Lipinski definition) is 7. The van der Waals surface area contributed by atoms with E-state index in [9.17, 15) is 9.59 Å². The lowest BCUT2D eigenvalue weighted by atomic mass is 10.1. The van der Waals surface area contributed by atoms with Gasteiger partial charge in [0, 0.05) is 25.0 Å². The molecule has 35 heavy (non-hydrogen) atoms. The van der Waals surface area contributed by atoms with E-state index in [2.05, 4.69) is 5.32 Å². The van der Waals surface area contributed by atoms with Crippen LogP contribution in [0.15, 0.2) is 65.7 Å². The molecule has 3 aromatic carbocycles. The lowest BCUT2D eigenvalue weighted by molar-refractivity contribution is -0.128. The number of carbonyl (C=O) groups excluding carboxylic acids is 2. The molecule has 0 bridgehead atoms. The topological polar surface area (TPSA) is 89.5 Å². The highest BCUT2D eigenvalue weighted by atomic mass is 32.2. The summed E-state index contributed by atoms with van der Waals surface area (Å²) in [6, 6.07) is 19.0. The van der Waals surface area contributed by atoms with Gasteiger partial charge in [-0.3, -0.25) is 14.5 Å². The molecule has 0 aromatic heterocycles. The number of rotatable bonds is 9. The second kappa shape index (κ2) is 11.2. The van der Waals surface area contributed by atoms with Crippen LogP contribution in [0, 0.1) is 0 Å². The number of ether oxygens (including phenoxy) is 3. The summed E-state index contributed by atoms with van der Waals surface area (Å²) >= 11 is 1.29. The van der Waals surface area contributed by atoms with Gasteiger partial charge in [-0.2, -0.15) is 0 Å². The zero-order chi connectivity index (χ0) is 24.8. The van der Waals surface area contributed by atoms with Gasteiger partial charge in [0.25, 0.3) is 0 Å². The second-order valence-electron chi connectivity index (χ2n) is 7.80. The van der Waals surface area contributed by atoms with Gasteiger partial charge >= 0.3 is 0 Å². The molecule has 1 N–H and O–H groups in total. The van der Waals surface area contributed by atoms with Gasteiger partial charge < -0.3 is 19.5 Å². The van der Waals surface area contributed by atoms with Crippen LogP contribution in [-0.4, -0.2) is 61.6 Å². The Kier molecular flexibility index (Phi) is 7.89. The SMILES string of the molecule is COCCN1C(=O)C(CC(=O)Nc2ccc(OC)cc2OC)SC1=Nc1cccc2ccccc12. The van der Waals surface area contributed by atoms with Crippen LogP contribution in [-0.2, 0) is 14.3 Å². The number of aliphatic imine (C=N–C) groups is 1. The van der Waals surface area contributed by atoms with Crippen LogP contribution in [0.5, 0.6) is 11.5 Å². The molecule has 182 valence electrons. The van der Waals surface area contributed by atoms with Gasteiger partial charge in [-0.05, 0) is 23.6 Å². The van der Waals surface area contributed by atoms with E-state index in [0.717, 1.165) is 16.5 Å². The molecule has 0 radical (unpaired) electrons. The van der Waals surface area contributed by atoms with Gasteiger partial charge in [0.2, 0.25) is 11.8 Å². The number of fused-ring (bicyclic) bond motifs is 1. The molecule has 8 nitrogen and oxygen atoms in total. The van der Waals surface area contributed by atoms with Crippen molar-refractivity contribution in [3.05, 3.63) is 60.7 Å². The molecular weight excluding hydrogens is 466 g/mol. The van der Waals surface area contributed by atoms with Crippen LogP contribution >= 0.6 is 11.8 Å². The Morgan fingerprint density at radius 2 is 1.86 bits per heavy atom. The number of nitrogens with one attached hydrogen (secondary N) is 1. The molecule has 0 saturated carbocycles. The van der Waals surface area contributed by atoms with E-state index in [1.54, 1.807) is 37.3 Å². The minimum atomic E-state index is -0.593. The van der Waals surface area contributed by atoms with Gasteiger partial charge in [-0.15, -0.1) is 0 Å². The first-order valence-electron chi connectivity index (χ1n) is 11.1. The van der Waals surface area contributed by atoms with Crippen LogP contribution in [0.25, 0.3) is 10.8 Å². The molecular formula is C26H27N3O5S. The van der Waals surface area contributed by atoms with Gasteiger partial charge in [-0.25, -0.2) is 4.99 Å². The number of hydrogen-bond donors (Lipinski definition) is 1. The Labute approximate surface area is 208 Å². The van der Waals surface area contributed by atoms with E-state index in [4.69, 9.17) is 19.2 Å². The highest BCUT2D eigenvalue weighted by molar-refractivity contribution is 8.15. The van der Waals surface area contributed by atoms with E-state index >= 15 is 0 Å². The van der Waals surface area contributed by atoms with Crippen molar-refractivity contribution < 1.29 is 23.8 Å². The third-order valence-corrected chi connectivity index (χ3v) is 6.75. The number of carbonyl (C=O) groups is 2. The first-order chi connectivity index (χ1) is 17.0. The van der Waals surface area contributed by atoms with Crippen molar-refractivity contribution in [1.82, 2.24) is 4.90 Å². The Morgan fingerprint density at radius 3 is 2.63 bits per heavy atom. The van der Waals surface area contributed by atoms with Gasteiger partial charge in [0.1, 0.15) is 16.7 Å². The number of nitrogens with zero attached hydrogens (tertiary/aromatic N) is 2. The summed E-state index contributed by atoms with van der Waals surface area (Å²) in [4.78, 5) is 32.5. The van der Waals surface area contributed by atoms with E-state index in [1.807, 2.05) is 42.5 Å². The quantitative estimate of drug-likeness (QED) is 0.473. The fourth-order valence-electron chi connectivity index (χ4n) is 3.79. The Morgan fingerprint density at radius 1 is 1.06 bits per heavy atom. The van der Waals surface area contributed by atoms with Gasteiger partial charge in [-0.1, -0.05) is 48.2 Å². The number of amides is 2. The van der Waals surface area contributed by atoms with Crippen molar-refractivity contribution in [1.29, 1.82) is 0 Å². The predicted molar refractivity (Wildman–Crippen MR) is 139 cm³/mol.